The lowest BCUT2D eigenvalue weighted by Gasteiger charge is -1.99. The van der Waals surface area contributed by atoms with E-state index >= 15 is 0 Å². The molecule has 1 N–H and O–H groups in total. The first kappa shape index (κ1) is 11.8. The van der Waals surface area contributed by atoms with Gasteiger partial charge in [-0.2, -0.15) is 0 Å². The van der Waals surface area contributed by atoms with Crippen molar-refractivity contribution in [1.29, 1.82) is 0 Å². The summed E-state index contributed by atoms with van der Waals surface area (Å²) in [5.74, 6) is 0.184. The van der Waals surface area contributed by atoms with Crippen LogP contribution in [0.1, 0.15) is 5.76 Å². The van der Waals surface area contributed by atoms with Crippen molar-refractivity contribution in [2.45, 2.75) is 0 Å². The van der Waals surface area contributed by atoms with Crippen LogP contribution in [0.15, 0.2) is 52.0 Å². The van der Waals surface area contributed by atoms with Crippen LogP contribution in [0.5, 0.6) is 0 Å². The minimum absolute atomic E-state index is 0.345. The molecule has 0 unspecified atom stereocenters. The molecule has 2 heterocycles. The van der Waals surface area contributed by atoms with Crippen molar-refractivity contribution in [3.05, 3.63) is 53.3 Å². The largest absolute Gasteiger partial charge is 0.464 e. The van der Waals surface area contributed by atoms with Crippen molar-refractivity contribution < 1.29 is 14.0 Å². The molecular formula is C14H9NO3S. The molecule has 1 fully saturated rings. The maximum atomic E-state index is 11.5. The molecule has 1 aliphatic heterocycles. The van der Waals surface area contributed by atoms with Gasteiger partial charge >= 0.3 is 0 Å². The van der Waals surface area contributed by atoms with Crippen LogP contribution >= 0.6 is 11.8 Å². The van der Waals surface area contributed by atoms with Gasteiger partial charge in [0.05, 0.1) is 11.2 Å². The molecule has 1 aromatic carbocycles. The Balaban J connectivity index is 2.00. The number of amides is 2. The molecule has 5 heteroatoms. The van der Waals surface area contributed by atoms with Gasteiger partial charge < -0.3 is 4.42 Å². The fraction of sp³-hybridized carbons (Fsp3) is 0. The molecule has 2 aromatic rings. The van der Waals surface area contributed by atoms with Gasteiger partial charge in [0.25, 0.3) is 11.1 Å². The summed E-state index contributed by atoms with van der Waals surface area (Å²) in [5.41, 5.74) is 1.89. The molecule has 0 bridgehead atoms. The predicted octanol–water partition coefficient (Wildman–Crippen LogP) is 3.27. The molecule has 0 atom stereocenters. The van der Waals surface area contributed by atoms with Crippen LogP contribution in [0.25, 0.3) is 17.2 Å². The summed E-state index contributed by atoms with van der Waals surface area (Å²) in [4.78, 5) is 22.9. The van der Waals surface area contributed by atoms with E-state index in [0.29, 0.717) is 10.7 Å². The summed E-state index contributed by atoms with van der Waals surface area (Å²) < 4.78 is 5.38. The highest BCUT2D eigenvalue weighted by molar-refractivity contribution is 8.18. The van der Waals surface area contributed by atoms with Crippen molar-refractivity contribution in [1.82, 2.24) is 5.32 Å². The Kier molecular flexibility index (Phi) is 2.97. The average molecular weight is 271 g/mol. The molecule has 0 spiro atoms. The minimum atomic E-state index is -0.384. The Morgan fingerprint density at radius 2 is 1.89 bits per heavy atom. The smallest absolute Gasteiger partial charge is 0.290 e. The van der Waals surface area contributed by atoms with Crippen molar-refractivity contribution in [3.63, 3.8) is 0 Å². The van der Waals surface area contributed by atoms with Gasteiger partial charge in [0.2, 0.25) is 0 Å². The normalized spacial score (nSPS) is 16.9. The lowest BCUT2D eigenvalue weighted by Crippen LogP contribution is -2.17. The van der Waals surface area contributed by atoms with E-state index in [9.17, 15) is 9.59 Å². The molecule has 19 heavy (non-hydrogen) atoms. The summed E-state index contributed by atoms with van der Waals surface area (Å²) in [5, 5.41) is 1.86. The third kappa shape index (κ3) is 2.32. The third-order valence-electron chi connectivity index (χ3n) is 2.68. The van der Waals surface area contributed by atoms with Gasteiger partial charge in [-0.25, -0.2) is 0 Å². The number of imide groups is 1. The second kappa shape index (κ2) is 4.78. The molecule has 1 saturated heterocycles. The maximum absolute atomic E-state index is 11.5. The molecule has 1 aromatic heterocycles. The number of furan rings is 1. The third-order valence-corrected chi connectivity index (χ3v) is 3.49. The van der Waals surface area contributed by atoms with Crippen molar-refractivity contribution >= 4 is 29.0 Å². The Bertz CT molecular complexity index is 673. The zero-order valence-corrected chi connectivity index (χ0v) is 10.6. The average Bonchev–Trinajstić information content (AvgIpc) is 2.98. The minimum Gasteiger partial charge on any atom is -0.464 e. The number of carbonyl (C=O) groups excluding carboxylic acids is 2. The van der Waals surface area contributed by atoms with Gasteiger partial charge in [-0.05, 0) is 23.4 Å². The highest BCUT2D eigenvalue weighted by atomic mass is 32.2. The number of hydrogen-bond donors (Lipinski definition) is 1. The summed E-state index contributed by atoms with van der Waals surface area (Å²) in [6.45, 7) is 0. The quantitative estimate of drug-likeness (QED) is 0.852. The van der Waals surface area contributed by atoms with Crippen LogP contribution in [0.4, 0.5) is 4.79 Å². The van der Waals surface area contributed by atoms with Crippen LogP contribution in [-0.2, 0) is 4.79 Å². The lowest BCUT2D eigenvalue weighted by atomic mass is 10.1. The zero-order chi connectivity index (χ0) is 13.2. The number of carbonyl (C=O) groups is 2. The summed E-state index contributed by atoms with van der Waals surface area (Å²) >= 11 is 0.877. The molecule has 0 radical (unpaired) electrons. The van der Waals surface area contributed by atoms with Crippen LogP contribution in [0.3, 0.4) is 0 Å². The molecule has 4 nitrogen and oxygen atoms in total. The van der Waals surface area contributed by atoms with Gasteiger partial charge in [-0.1, -0.05) is 30.3 Å². The predicted molar refractivity (Wildman–Crippen MR) is 73.3 cm³/mol. The Hall–Kier alpha value is -2.27. The Morgan fingerprint density at radius 3 is 2.58 bits per heavy atom. The second-order valence-corrected chi connectivity index (χ2v) is 4.93. The number of benzene rings is 1. The second-order valence-electron chi connectivity index (χ2n) is 3.92. The number of nitrogens with one attached hydrogen (secondary N) is 1. The monoisotopic (exact) mass is 271 g/mol. The van der Waals surface area contributed by atoms with Crippen LogP contribution in [0, 0.1) is 0 Å². The number of hydrogen-bond acceptors (Lipinski definition) is 4. The van der Waals surface area contributed by atoms with E-state index in [1.165, 1.54) is 0 Å². The standard InChI is InChI=1S/C14H9NO3S/c16-13-12(19-14(17)15-13)8-11-10(6-7-18-11)9-4-2-1-3-5-9/h1-8H,(H,15,16,17). The molecule has 3 rings (SSSR count). The molecule has 1 aliphatic rings. The van der Waals surface area contributed by atoms with Crippen molar-refractivity contribution in [2.75, 3.05) is 0 Å². The number of thioether (sulfide) groups is 1. The van der Waals surface area contributed by atoms with Gasteiger partial charge in [-0.15, -0.1) is 0 Å². The molecule has 0 saturated carbocycles. The van der Waals surface area contributed by atoms with E-state index in [-0.39, 0.29) is 11.1 Å². The van der Waals surface area contributed by atoms with Crippen molar-refractivity contribution in [3.8, 4) is 11.1 Å². The van der Waals surface area contributed by atoms with Gasteiger partial charge in [-0.3, -0.25) is 14.9 Å². The molecular weight excluding hydrogens is 262 g/mol. The Morgan fingerprint density at radius 1 is 1.11 bits per heavy atom. The van der Waals surface area contributed by atoms with E-state index in [0.717, 1.165) is 22.9 Å². The van der Waals surface area contributed by atoms with Crippen LogP contribution in [0.2, 0.25) is 0 Å². The van der Waals surface area contributed by atoms with E-state index in [1.54, 1.807) is 12.3 Å². The van der Waals surface area contributed by atoms with Gasteiger partial charge in [0.15, 0.2) is 0 Å². The fourth-order valence-electron chi connectivity index (χ4n) is 1.83. The van der Waals surface area contributed by atoms with Gasteiger partial charge in [0.1, 0.15) is 5.76 Å². The Labute approximate surface area is 113 Å². The lowest BCUT2D eigenvalue weighted by molar-refractivity contribution is -0.115. The van der Waals surface area contributed by atoms with E-state index in [4.69, 9.17) is 4.42 Å². The molecule has 2 amide bonds. The summed E-state index contributed by atoms with van der Waals surface area (Å²) in [6, 6.07) is 11.5. The van der Waals surface area contributed by atoms with E-state index in [1.807, 2.05) is 36.4 Å². The number of rotatable bonds is 2. The summed E-state index contributed by atoms with van der Waals surface area (Å²) in [6.07, 6.45) is 3.15. The molecule has 0 aliphatic carbocycles. The van der Waals surface area contributed by atoms with E-state index in [2.05, 4.69) is 5.32 Å². The van der Waals surface area contributed by atoms with Gasteiger partial charge in [0, 0.05) is 11.6 Å². The van der Waals surface area contributed by atoms with Crippen LogP contribution < -0.4 is 5.32 Å². The first-order chi connectivity index (χ1) is 9.24. The highest BCUT2D eigenvalue weighted by Crippen LogP contribution is 2.31. The van der Waals surface area contributed by atoms with Crippen molar-refractivity contribution in [2.24, 2.45) is 0 Å². The summed E-state index contributed by atoms with van der Waals surface area (Å²) in [7, 11) is 0. The topological polar surface area (TPSA) is 59.3 Å². The van der Waals surface area contributed by atoms with E-state index < -0.39 is 0 Å². The first-order valence-electron chi connectivity index (χ1n) is 5.62. The zero-order valence-electron chi connectivity index (χ0n) is 9.75. The SMILES string of the molecule is O=C1NC(=O)C(=Cc2occc2-c2ccccc2)S1. The fourth-order valence-corrected chi connectivity index (χ4v) is 2.48. The first-order valence-corrected chi connectivity index (χ1v) is 6.43. The van der Waals surface area contributed by atoms with Crippen LogP contribution in [-0.4, -0.2) is 11.1 Å². The highest BCUT2D eigenvalue weighted by Gasteiger charge is 2.25. The maximum Gasteiger partial charge on any atom is 0.290 e. The molecule has 94 valence electrons.